The number of fused-ring (bicyclic) bond motifs is 1. The molecule has 0 aliphatic heterocycles. The lowest BCUT2D eigenvalue weighted by Gasteiger charge is -2.36. The Kier molecular flexibility index (Phi) is 7.97. The monoisotopic (exact) mass is 611 g/mol. The van der Waals surface area contributed by atoms with Gasteiger partial charge in [-0.25, -0.2) is 13.8 Å². The molecule has 1 heterocycles. The lowest BCUT2D eigenvalue weighted by molar-refractivity contribution is -0.195. The first-order valence-corrected chi connectivity index (χ1v) is 15.4. The molecule has 0 amide bonds. The minimum atomic E-state index is -5.43. The van der Waals surface area contributed by atoms with Crippen molar-refractivity contribution in [3.8, 4) is 11.1 Å². The number of para-hydroxylation sites is 1. The molecule has 0 radical (unpaired) electrons. The van der Waals surface area contributed by atoms with Crippen molar-refractivity contribution in [2.24, 2.45) is 0 Å². The average molecular weight is 612 g/mol. The van der Waals surface area contributed by atoms with Crippen molar-refractivity contribution in [2.75, 3.05) is 0 Å². The fourth-order valence-corrected chi connectivity index (χ4v) is 6.02. The van der Waals surface area contributed by atoms with Crippen molar-refractivity contribution < 1.29 is 27.7 Å². The van der Waals surface area contributed by atoms with Crippen LogP contribution in [0.2, 0.25) is 0 Å². The van der Waals surface area contributed by atoms with Crippen LogP contribution in [0, 0.1) is 0 Å². The summed E-state index contributed by atoms with van der Waals surface area (Å²) in [4.78, 5) is 17.9. The number of phosphoric acid groups is 1. The lowest BCUT2D eigenvalue weighted by Crippen LogP contribution is -2.40. The topological polar surface area (TPSA) is 97.5 Å². The van der Waals surface area contributed by atoms with Crippen LogP contribution in [0.25, 0.3) is 22.2 Å². The molecule has 0 fully saturated rings. The van der Waals surface area contributed by atoms with E-state index in [-0.39, 0.29) is 0 Å². The maximum Gasteiger partial charge on any atom is 0.474 e. The molecular weight excluding hydrogens is 583 g/mol. The summed E-state index contributed by atoms with van der Waals surface area (Å²) in [5, 5.41) is 9.09. The molecule has 1 aromatic heterocycles. The number of hydrogen-bond donors (Lipinski definition) is 2. The van der Waals surface area contributed by atoms with Gasteiger partial charge in [0.2, 0.25) is 0 Å². The molecule has 44 heavy (non-hydrogen) atoms. The van der Waals surface area contributed by atoms with E-state index in [0.29, 0.717) is 18.4 Å². The zero-order valence-corrected chi connectivity index (χ0v) is 24.3. The van der Waals surface area contributed by atoms with E-state index in [4.69, 9.17) is 9.79 Å². The molecule has 1 atom stereocenters. The maximum atomic E-state index is 14.5. The van der Waals surface area contributed by atoms with Gasteiger partial charge in [-0.15, -0.1) is 5.10 Å². The SMILES string of the molecule is O=P(O)(O)OC(F)(F)c1ccc(CC(Cc2ccc(-c3ccccc3)cc2)(c2ccccc2)n2nnc3ccccc32)cc1. The fraction of sp³-hybridized carbons (Fsp3) is 0.118. The summed E-state index contributed by atoms with van der Waals surface area (Å²) in [5.41, 5.74) is 4.90. The highest BCUT2D eigenvalue weighted by molar-refractivity contribution is 7.46. The fourth-order valence-electron chi connectivity index (χ4n) is 5.61. The van der Waals surface area contributed by atoms with E-state index >= 15 is 0 Å². The van der Waals surface area contributed by atoms with Gasteiger partial charge in [-0.3, -0.25) is 0 Å². The van der Waals surface area contributed by atoms with Crippen LogP contribution in [0.5, 0.6) is 0 Å². The molecule has 2 N–H and O–H groups in total. The van der Waals surface area contributed by atoms with Crippen LogP contribution < -0.4 is 0 Å². The standard InChI is InChI=1S/C34H28F2N3O4P/c35-34(36,43-44(40,41)42)30-21-17-26(18-22-30)24-33(29-11-5-2-6-12-29,39-32-14-8-7-13-31(32)37-38-39)23-25-15-19-28(20-16-25)27-9-3-1-4-10-27/h1-22H,23-24H2,(H2,40,41,42). The first-order valence-electron chi connectivity index (χ1n) is 13.9. The zero-order chi connectivity index (χ0) is 30.8. The second-order valence-corrected chi connectivity index (χ2v) is 11.8. The lowest BCUT2D eigenvalue weighted by atomic mass is 9.78. The molecule has 0 aliphatic carbocycles. The van der Waals surface area contributed by atoms with E-state index in [1.807, 2.05) is 77.5 Å². The normalized spacial score (nSPS) is 13.5. The van der Waals surface area contributed by atoms with Gasteiger partial charge in [0, 0.05) is 12.8 Å². The highest BCUT2D eigenvalue weighted by Gasteiger charge is 2.41. The minimum absolute atomic E-state index is 0.343. The molecule has 0 saturated carbocycles. The Morgan fingerprint density at radius 3 is 1.80 bits per heavy atom. The number of halogens is 2. The Morgan fingerprint density at radius 1 is 0.659 bits per heavy atom. The second-order valence-electron chi connectivity index (χ2n) is 10.6. The third-order valence-electron chi connectivity index (χ3n) is 7.65. The van der Waals surface area contributed by atoms with Crippen LogP contribution in [-0.4, -0.2) is 24.8 Å². The first-order chi connectivity index (χ1) is 21.1. The first kappa shape index (κ1) is 29.5. The largest absolute Gasteiger partial charge is 0.474 e. The van der Waals surface area contributed by atoms with Gasteiger partial charge in [0.15, 0.2) is 0 Å². The van der Waals surface area contributed by atoms with E-state index in [1.54, 1.807) is 0 Å². The van der Waals surface area contributed by atoms with Crippen LogP contribution in [-0.2, 0) is 33.6 Å². The van der Waals surface area contributed by atoms with E-state index in [1.165, 1.54) is 12.1 Å². The Hall–Kier alpha value is -4.53. The Balaban J connectivity index is 1.46. The van der Waals surface area contributed by atoms with Crippen molar-refractivity contribution in [2.45, 2.75) is 24.5 Å². The van der Waals surface area contributed by atoms with Gasteiger partial charge >= 0.3 is 13.9 Å². The summed E-state index contributed by atoms with van der Waals surface area (Å²) >= 11 is 0. The van der Waals surface area contributed by atoms with Gasteiger partial charge in [0.05, 0.1) is 16.6 Å². The quantitative estimate of drug-likeness (QED) is 0.156. The van der Waals surface area contributed by atoms with Crippen molar-refractivity contribution in [1.29, 1.82) is 0 Å². The number of nitrogens with zero attached hydrogens (tertiary/aromatic N) is 3. The molecule has 6 aromatic rings. The van der Waals surface area contributed by atoms with Gasteiger partial charge in [-0.05, 0) is 39.9 Å². The van der Waals surface area contributed by atoms with Crippen LogP contribution in [0.4, 0.5) is 8.78 Å². The smallest absolute Gasteiger partial charge is 0.303 e. The Bertz CT molecular complexity index is 1910. The van der Waals surface area contributed by atoms with Crippen LogP contribution in [0.1, 0.15) is 22.3 Å². The van der Waals surface area contributed by atoms with Gasteiger partial charge in [0.25, 0.3) is 0 Å². The summed E-state index contributed by atoms with van der Waals surface area (Å²) in [6.07, 6.45) is -3.33. The Labute approximate surface area is 252 Å². The summed E-state index contributed by atoms with van der Waals surface area (Å²) in [6.45, 7) is 0. The van der Waals surface area contributed by atoms with Gasteiger partial charge in [-0.1, -0.05) is 127 Å². The third-order valence-corrected chi connectivity index (χ3v) is 8.11. The number of hydrogen-bond acceptors (Lipinski definition) is 4. The number of aromatic nitrogens is 3. The van der Waals surface area contributed by atoms with Crippen LogP contribution >= 0.6 is 7.82 Å². The molecular formula is C34H28F2N3O4P. The van der Waals surface area contributed by atoms with E-state index in [9.17, 15) is 13.3 Å². The summed E-state index contributed by atoms with van der Waals surface area (Å²) in [7, 11) is -5.43. The predicted octanol–water partition coefficient (Wildman–Crippen LogP) is 7.49. The van der Waals surface area contributed by atoms with Crippen molar-refractivity contribution in [3.05, 3.63) is 156 Å². The summed E-state index contributed by atoms with van der Waals surface area (Å²) < 4.78 is 45.8. The molecule has 7 nitrogen and oxygen atoms in total. The minimum Gasteiger partial charge on any atom is -0.303 e. The van der Waals surface area contributed by atoms with Gasteiger partial charge < -0.3 is 9.79 Å². The Morgan fingerprint density at radius 2 is 1.18 bits per heavy atom. The van der Waals surface area contributed by atoms with Crippen LogP contribution in [0.3, 0.4) is 0 Å². The summed E-state index contributed by atoms with van der Waals surface area (Å²) in [6, 6.07) is 41.2. The average Bonchev–Trinajstić information content (AvgIpc) is 3.46. The molecule has 10 heteroatoms. The van der Waals surface area contributed by atoms with E-state index in [2.05, 4.69) is 51.2 Å². The molecule has 6 rings (SSSR count). The van der Waals surface area contributed by atoms with Gasteiger partial charge in [-0.2, -0.15) is 8.78 Å². The van der Waals surface area contributed by atoms with Crippen LogP contribution in [0.15, 0.2) is 133 Å². The predicted molar refractivity (Wildman–Crippen MR) is 164 cm³/mol. The summed E-state index contributed by atoms with van der Waals surface area (Å²) in [5.74, 6) is 0. The second kappa shape index (κ2) is 11.9. The van der Waals surface area contributed by atoms with Crippen molar-refractivity contribution >= 4 is 18.9 Å². The highest BCUT2D eigenvalue weighted by Crippen LogP contribution is 2.47. The molecule has 0 aliphatic rings. The highest BCUT2D eigenvalue weighted by atomic mass is 31.2. The van der Waals surface area contributed by atoms with Crippen molar-refractivity contribution in [3.63, 3.8) is 0 Å². The zero-order valence-electron chi connectivity index (χ0n) is 23.4. The third kappa shape index (κ3) is 6.23. The van der Waals surface area contributed by atoms with E-state index < -0.39 is 25.0 Å². The van der Waals surface area contributed by atoms with Crippen molar-refractivity contribution in [1.82, 2.24) is 15.0 Å². The number of phosphoric ester groups is 1. The molecule has 5 aromatic carbocycles. The number of benzene rings is 5. The molecule has 0 spiro atoms. The molecule has 0 bridgehead atoms. The molecule has 0 saturated heterocycles. The number of rotatable bonds is 10. The van der Waals surface area contributed by atoms with Gasteiger partial charge in [0.1, 0.15) is 5.52 Å². The molecule has 222 valence electrons. The maximum absolute atomic E-state index is 14.5. The molecule has 1 unspecified atom stereocenters. The number of alkyl halides is 2. The van der Waals surface area contributed by atoms with E-state index in [0.717, 1.165) is 45.4 Å².